The van der Waals surface area contributed by atoms with Gasteiger partial charge in [0, 0.05) is 25.0 Å². The normalized spacial score (nSPS) is 33.6. The van der Waals surface area contributed by atoms with E-state index in [-0.39, 0.29) is 43.3 Å². The van der Waals surface area contributed by atoms with Crippen molar-refractivity contribution in [1.29, 1.82) is 0 Å². The third kappa shape index (κ3) is 3.02. The monoisotopic (exact) mass is 399 g/mol. The zero-order valence-corrected chi connectivity index (χ0v) is 15.8. The van der Waals surface area contributed by atoms with Gasteiger partial charge in [-0.25, -0.2) is 4.39 Å². The molecule has 152 valence electrons. The van der Waals surface area contributed by atoms with E-state index in [1.54, 1.807) is 4.90 Å². The Labute approximate surface area is 167 Å². The predicted octanol–water partition coefficient (Wildman–Crippen LogP) is 0.863. The van der Waals surface area contributed by atoms with Crippen molar-refractivity contribution < 1.29 is 23.6 Å². The van der Waals surface area contributed by atoms with E-state index >= 15 is 0 Å². The van der Waals surface area contributed by atoms with Gasteiger partial charge in [-0.05, 0) is 60.4 Å². The summed E-state index contributed by atoms with van der Waals surface area (Å²) in [4.78, 5) is 49.8. The van der Waals surface area contributed by atoms with Gasteiger partial charge in [-0.3, -0.25) is 29.4 Å². The molecule has 1 aliphatic carbocycles. The van der Waals surface area contributed by atoms with Gasteiger partial charge >= 0.3 is 0 Å². The second-order valence-corrected chi connectivity index (χ2v) is 8.59. The number of imide groups is 1. The van der Waals surface area contributed by atoms with Gasteiger partial charge in [-0.1, -0.05) is 0 Å². The summed E-state index contributed by atoms with van der Waals surface area (Å²) in [6, 6.07) is 2.10. The fourth-order valence-electron chi connectivity index (χ4n) is 5.63. The van der Waals surface area contributed by atoms with Crippen molar-refractivity contribution in [3.63, 3.8) is 0 Å². The van der Waals surface area contributed by atoms with E-state index in [1.807, 2.05) is 0 Å². The molecule has 29 heavy (non-hydrogen) atoms. The van der Waals surface area contributed by atoms with Gasteiger partial charge in [-0.15, -0.1) is 0 Å². The Kier molecular flexibility index (Phi) is 4.36. The molecular weight excluding hydrogens is 377 g/mol. The molecule has 4 heterocycles. The Morgan fingerprint density at radius 1 is 1.17 bits per heavy atom. The summed E-state index contributed by atoms with van der Waals surface area (Å²) in [5.74, 6) is -1.70. The molecule has 1 aromatic carbocycles. The van der Waals surface area contributed by atoms with Crippen molar-refractivity contribution >= 4 is 23.9 Å². The minimum absolute atomic E-state index is 0.119. The van der Waals surface area contributed by atoms with Crippen LogP contribution in [0.4, 0.5) is 4.39 Å². The second kappa shape index (κ2) is 6.81. The lowest BCUT2D eigenvalue weighted by molar-refractivity contribution is -0.141. The maximum Gasteiger partial charge on any atom is 0.243 e. The summed E-state index contributed by atoms with van der Waals surface area (Å²) in [6.07, 6.45) is 3.58. The first-order chi connectivity index (χ1) is 13.9. The van der Waals surface area contributed by atoms with Crippen LogP contribution in [0, 0.1) is 5.82 Å². The summed E-state index contributed by atoms with van der Waals surface area (Å²) < 4.78 is 14.5. The molecule has 4 fully saturated rings. The average molecular weight is 399 g/mol. The van der Waals surface area contributed by atoms with Gasteiger partial charge in [0.1, 0.15) is 11.9 Å². The Bertz CT molecular complexity index is 917. The van der Waals surface area contributed by atoms with Gasteiger partial charge in [0.15, 0.2) is 6.29 Å². The van der Waals surface area contributed by atoms with Crippen molar-refractivity contribution in [2.75, 3.05) is 0 Å². The number of piperidine rings is 2. The number of carbonyl (C=O) groups excluding carboxylic acids is 4. The first-order valence-corrected chi connectivity index (χ1v) is 10.1. The zero-order chi connectivity index (χ0) is 20.3. The van der Waals surface area contributed by atoms with Crippen molar-refractivity contribution in [2.45, 2.75) is 68.7 Å². The quantitative estimate of drug-likeness (QED) is 0.443. The molecule has 2 amide bonds. The molecule has 4 atom stereocenters. The minimum atomic E-state index is -0.909. The van der Waals surface area contributed by atoms with E-state index in [9.17, 15) is 23.6 Å². The molecular formula is C21H22FN3O4. The van der Waals surface area contributed by atoms with Crippen LogP contribution in [0.25, 0.3) is 0 Å². The average Bonchev–Trinajstić information content (AvgIpc) is 3.05. The highest BCUT2D eigenvalue weighted by Crippen LogP contribution is 2.46. The van der Waals surface area contributed by atoms with Gasteiger partial charge in [0.2, 0.25) is 17.6 Å². The van der Waals surface area contributed by atoms with Crippen LogP contribution in [-0.4, -0.2) is 46.9 Å². The summed E-state index contributed by atoms with van der Waals surface area (Å²) >= 11 is 0. The van der Waals surface area contributed by atoms with Crippen LogP contribution < -0.4 is 10.6 Å². The first kappa shape index (κ1) is 18.6. The molecule has 5 aliphatic rings. The summed E-state index contributed by atoms with van der Waals surface area (Å²) in [5, 5.41) is 5.77. The molecule has 0 radical (unpaired) electrons. The maximum absolute atomic E-state index is 14.5. The second-order valence-electron chi connectivity index (χ2n) is 8.59. The molecule has 4 unspecified atom stereocenters. The van der Waals surface area contributed by atoms with Crippen molar-refractivity contribution in [1.82, 2.24) is 15.5 Å². The molecule has 6 rings (SSSR count). The Hall–Kier alpha value is -2.45. The molecule has 7 nitrogen and oxygen atoms in total. The number of nitrogens with zero attached hydrogens (tertiary/aromatic N) is 1. The Morgan fingerprint density at radius 2 is 1.90 bits per heavy atom. The number of ketones is 1. The van der Waals surface area contributed by atoms with Gasteiger partial charge in [-0.2, -0.15) is 0 Å². The molecule has 1 saturated carbocycles. The smallest absolute Gasteiger partial charge is 0.243 e. The number of amides is 2. The minimum Gasteiger partial charge on any atom is -0.311 e. The topological polar surface area (TPSA) is 95.6 Å². The number of fused-ring (bicyclic) bond motifs is 3. The predicted molar refractivity (Wildman–Crippen MR) is 99.2 cm³/mol. The van der Waals surface area contributed by atoms with Crippen LogP contribution in [0.3, 0.4) is 0 Å². The van der Waals surface area contributed by atoms with E-state index in [4.69, 9.17) is 0 Å². The molecule has 2 bridgehead atoms. The van der Waals surface area contributed by atoms with E-state index in [1.165, 1.54) is 12.1 Å². The first-order valence-electron chi connectivity index (χ1n) is 10.1. The standard InChI is InChI=1S/C21H22FN3O4/c22-12-3-11-8-25(16-1-2-18(28)24-21(16)29)20(17(27)9-26)19(11)15(6-12)10-4-13-7-14(5-10)23-13/h3,6,9-10,13-14,16,20,23H,1-2,4-5,7-8H2,(H,24,28,29). The summed E-state index contributed by atoms with van der Waals surface area (Å²) in [6.45, 7) is 0.203. The molecule has 2 N–H and O–H groups in total. The van der Waals surface area contributed by atoms with E-state index in [2.05, 4.69) is 10.6 Å². The fourth-order valence-corrected chi connectivity index (χ4v) is 5.63. The number of halogens is 1. The number of benzene rings is 1. The maximum atomic E-state index is 14.5. The van der Waals surface area contributed by atoms with Crippen LogP contribution in [0.1, 0.15) is 60.8 Å². The number of aldehydes is 1. The fraction of sp³-hybridized carbons (Fsp3) is 0.524. The van der Waals surface area contributed by atoms with Crippen molar-refractivity contribution in [3.8, 4) is 0 Å². The van der Waals surface area contributed by atoms with Gasteiger partial charge in [0.25, 0.3) is 0 Å². The number of hydrogen-bond acceptors (Lipinski definition) is 6. The number of hydrogen-bond donors (Lipinski definition) is 2. The van der Waals surface area contributed by atoms with Crippen molar-refractivity contribution in [3.05, 3.63) is 34.6 Å². The van der Waals surface area contributed by atoms with E-state index in [0.29, 0.717) is 23.2 Å². The molecule has 0 spiro atoms. The molecule has 3 saturated heterocycles. The van der Waals surface area contributed by atoms with E-state index in [0.717, 1.165) is 24.8 Å². The summed E-state index contributed by atoms with van der Waals surface area (Å²) in [7, 11) is 0. The SMILES string of the molecule is O=CC(=O)C1c2c(cc(F)cc2C2CC3CC(C2)N3)CN1C1CCC(=O)NC1=O. The van der Waals surface area contributed by atoms with Gasteiger partial charge in [0.05, 0.1) is 6.04 Å². The third-order valence-electron chi connectivity index (χ3n) is 6.83. The molecule has 4 aliphatic heterocycles. The van der Waals surface area contributed by atoms with E-state index < -0.39 is 23.8 Å². The van der Waals surface area contributed by atoms with Crippen LogP contribution in [-0.2, 0) is 25.7 Å². The van der Waals surface area contributed by atoms with Crippen LogP contribution in [0.5, 0.6) is 0 Å². The molecule has 1 aromatic rings. The number of Topliss-reactive ketones (excluding diaryl/α,β-unsaturated/α-hetero) is 1. The highest BCUT2D eigenvalue weighted by Gasteiger charge is 2.47. The number of nitrogens with one attached hydrogen (secondary N) is 2. The van der Waals surface area contributed by atoms with Crippen LogP contribution >= 0.6 is 0 Å². The lowest BCUT2D eigenvalue weighted by atomic mass is 9.71. The molecule has 8 heteroatoms. The largest absolute Gasteiger partial charge is 0.311 e. The van der Waals surface area contributed by atoms with Crippen LogP contribution in [0.15, 0.2) is 12.1 Å². The highest BCUT2D eigenvalue weighted by molar-refractivity contribution is 6.27. The lowest BCUT2D eigenvalue weighted by Crippen LogP contribution is -2.57. The molecule has 0 aromatic heterocycles. The highest BCUT2D eigenvalue weighted by atomic mass is 19.1. The van der Waals surface area contributed by atoms with Crippen LogP contribution in [0.2, 0.25) is 0 Å². The van der Waals surface area contributed by atoms with Crippen molar-refractivity contribution in [2.24, 2.45) is 0 Å². The Balaban J connectivity index is 1.55. The third-order valence-corrected chi connectivity index (χ3v) is 6.83. The number of carbonyl (C=O) groups is 4. The number of rotatable bonds is 4. The lowest BCUT2D eigenvalue weighted by Gasteiger charge is -2.47. The summed E-state index contributed by atoms with van der Waals surface area (Å²) in [5.41, 5.74) is 2.11. The zero-order valence-electron chi connectivity index (χ0n) is 15.8. The van der Waals surface area contributed by atoms with Gasteiger partial charge < -0.3 is 5.32 Å². The Morgan fingerprint density at radius 3 is 2.55 bits per heavy atom.